The van der Waals surface area contributed by atoms with Crippen molar-refractivity contribution in [2.75, 3.05) is 33.9 Å². The summed E-state index contributed by atoms with van der Waals surface area (Å²) in [6, 6.07) is 9.47. The summed E-state index contributed by atoms with van der Waals surface area (Å²) in [6.45, 7) is 2.77. The van der Waals surface area contributed by atoms with Crippen LogP contribution in [0.2, 0.25) is 0 Å². The van der Waals surface area contributed by atoms with E-state index in [2.05, 4.69) is 0 Å². The van der Waals surface area contributed by atoms with Crippen LogP contribution in [-0.2, 0) is 34.5 Å². The van der Waals surface area contributed by atoms with Crippen molar-refractivity contribution in [3.8, 4) is 5.75 Å². The number of hydrogen-bond acceptors (Lipinski definition) is 5. The highest BCUT2D eigenvalue weighted by Crippen LogP contribution is 2.37. The van der Waals surface area contributed by atoms with Crippen LogP contribution in [0.4, 0.5) is 0 Å². The number of hydrogen-bond donors (Lipinski definition) is 0. The largest absolute Gasteiger partial charge is 0.492 e. The van der Waals surface area contributed by atoms with Crippen molar-refractivity contribution in [1.29, 1.82) is 0 Å². The van der Waals surface area contributed by atoms with Gasteiger partial charge >= 0.3 is 0 Å². The van der Waals surface area contributed by atoms with Gasteiger partial charge < -0.3 is 9.47 Å². The summed E-state index contributed by atoms with van der Waals surface area (Å²) in [5, 5.41) is 4.86. The van der Waals surface area contributed by atoms with Gasteiger partial charge in [0.15, 0.2) is 0 Å². The zero-order valence-corrected chi connectivity index (χ0v) is 17.8. The molecule has 3 heterocycles. The quantitative estimate of drug-likeness (QED) is 0.685. The molecule has 4 rings (SSSR count). The molecule has 0 saturated carbocycles. The topological polar surface area (TPSA) is 76.9 Å². The molecule has 158 valence electrons. The fraction of sp³-hybridized carbons (Fsp3) is 0.550. The molecule has 0 radical (unpaired) electrons. The van der Waals surface area contributed by atoms with E-state index < -0.39 is 10.2 Å². The van der Waals surface area contributed by atoms with E-state index in [1.54, 1.807) is 18.4 Å². The van der Waals surface area contributed by atoms with E-state index in [4.69, 9.17) is 14.6 Å². The summed E-state index contributed by atoms with van der Waals surface area (Å²) >= 11 is 0. The Morgan fingerprint density at radius 2 is 2.07 bits per heavy atom. The second-order valence-electron chi connectivity index (χ2n) is 7.56. The van der Waals surface area contributed by atoms with E-state index in [1.165, 1.54) is 4.31 Å². The molecule has 1 aromatic carbocycles. The first-order valence-corrected chi connectivity index (χ1v) is 11.4. The first kappa shape index (κ1) is 20.3. The molecule has 1 saturated heterocycles. The van der Waals surface area contributed by atoms with Gasteiger partial charge in [-0.05, 0) is 25.0 Å². The van der Waals surface area contributed by atoms with Gasteiger partial charge in [0.05, 0.1) is 31.5 Å². The van der Waals surface area contributed by atoms with Crippen LogP contribution in [0.1, 0.15) is 35.8 Å². The van der Waals surface area contributed by atoms with Crippen molar-refractivity contribution >= 4 is 10.2 Å². The fourth-order valence-corrected chi connectivity index (χ4v) is 5.36. The highest BCUT2D eigenvalue weighted by atomic mass is 32.2. The minimum Gasteiger partial charge on any atom is -0.492 e. The zero-order valence-electron chi connectivity index (χ0n) is 17.0. The van der Waals surface area contributed by atoms with Gasteiger partial charge in [0.2, 0.25) is 0 Å². The maximum absolute atomic E-state index is 12.8. The van der Waals surface area contributed by atoms with Gasteiger partial charge in [-0.15, -0.1) is 0 Å². The molecular formula is C20H28N4O4S. The molecule has 8 nitrogen and oxygen atoms in total. The minimum absolute atomic E-state index is 0.242. The Morgan fingerprint density at radius 3 is 2.83 bits per heavy atom. The number of para-hydroxylation sites is 1. The average Bonchev–Trinajstić information content (AvgIpc) is 3.34. The third-order valence-electron chi connectivity index (χ3n) is 5.52. The summed E-state index contributed by atoms with van der Waals surface area (Å²) in [6.07, 6.45) is 2.38. The second-order valence-corrected chi connectivity index (χ2v) is 9.65. The molecule has 2 aliphatic rings. The van der Waals surface area contributed by atoms with Gasteiger partial charge in [-0.25, -0.2) is 0 Å². The first-order chi connectivity index (χ1) is 14.0. The molecular weight excluding hydrogens is 392 g/mol. The van der Waals surface area contributed by atoms with E-state index in [1.807, 2.05) is 35.0 Å². The molecule has 2 aromatic rings. The summed E-state index contributed by atoms with van der Waals surface area (Å²) in [4.78, 5) is 0. The van der Waals surface area contributed by atoms with E-state index in [9.17, 15) is 8.42 Å². The van der Waals surface area contributed by atoms with Gasteiger partial charge in [0.1, 0.15) is 12.4 Å². The fourth-order valence-electron chi connectivity index (χ4n) is 4.05. The Kier molecular flexibility index (Phi) is 5.91. The number of nitrogens with zero attached hydrogens (tertiary/aromatic N) is 4. The smallest absolute Gasteiger partial charge is 0.282 e. The van der Waals surface area contributed by atoms with Gasteiger partial charge in [0.25, 0.3) is 10.2 Å². The van der Waals surface area contributed by atoms with E-state index in [-0.39, 0.29) is 6.04 Å². The monoisotopic (exact) mass is 420 g/mol. The Labute approximate surface area is 172 Å². The SMILES string of the molecule is CN(C)S(=O)(=O)N1CCC[C@H]1c1nn(CCOc2ccccc2)c2c1COCC2. The van der Waals surface area contributed by atoms with Crippen LogP contribution in [0.15, 0.2) is 30.3 Å². The molecule has 2 aliphatic heterocycles. The molecule has 0 N–H and O–H groups in total. The number of ether oxygens (including phenoxy) is 2. The van der Waals surface area contributed by atoms with Crippen LogP contribution in [-0.4, -0.2) is 60.7 Å². The minimum atomic E-state index is -3.49. The molecule has 0 unspecified atom stereocenters. The van der Waals surface area contributed by atoms with Crippen LogP contribution in [0.3, 0.4) is 0 Å². The first-order valence-electron chi connectivity index (χ1n) is 10.0. The number of aromatic nitrogens is 2. The molecule has 29 heavy (non-hydrogen) atoms. The predicted molar refractivity (Wildman–Crippen MR) is 109 cm³/mol. The Morgan fingerprint density at radius 1 is 1.28 bits per heavy atom. The standard InChI is InChI=1S/C20H28N4O4S/c1-22(2)29(25,26)24-11-6-9-19(24)20-17-15-27-13-10-18(17)23(21-20)12-14-28-16-7-4-3-5-8-16/h3-5,7-8,19H,6,9-15H2,1-2H3/t19-/m0/s1. The van der Waals surface area contributed by atoms with E-state index >= 15 is 0 Å². The Hall–Kier alpha value is -1.94. The number of rotatable bonds is 7. The Bertz CT molecular complexity index is 943. The van der Waals surface area contributed by atoms with Crippen molar-refractivity contribution in [2.24, 2.45) is 0 Å². The van der Waals surface area contributed by atoms with E-state index in [0.29, 0.717) is 32.9 Å². The third-order valence-corrected chi connectivity index (χ3v) is 7.47. The van der Waals surface area contributed by atoms with Crippen LogP contribution < -0.4 is 4.74 Å². The van der Waals surface area contributed by atoms with Crippen LogP contribution in [0.5, 0.6) is 5.75 Å². The average molecular weight is 421 g/mol. The van der Waals surface area contributed by atoms with Crippen LogP contribution in [0.25, 0.3) is 0 Å². The number of benzene rings is 1. The van der Waals surface area contributed by atoms with Gasteiger partial charge in [-0.1, -0.05) is 18.2 Å². The predicted octanol–water partition coefficient (Wildman–Crippen LogP) is 1.98. The molecule has 0 spiro atoms. The third kappa shape index (κ3) is 4.05. The van der Waals surface area contributed by atoms with Gasteiger partial charge in [0, 0.05) is 38.3 Å². The lowest BCUT2D eigenvalue weighted by Gasteiger charge is -2.27. The highest BCUT2D eigenvalue weighted by molar-refractivity contribution is 7.86. The Balaban J connectivity index is 1.58. The lowest BCUT2D eigenvalue weighted by Crippen LogP contribution is -2.39. The summed E-state index contributed by atoms with van der Waals surface area (Å²) in [7, 11) is -0.348. The van der Waals surface area contributed by atoms with Crippen molar-refractivity contribution in [3.63, 3.8) is 0 Å². The van der Waals surface area contributed by atoms with Crippen LogP contribution >= 0.6 is 0 Å². The molecule has 1 aromatic heterocycles. The van der Waals surface area contributed by atoms with Crippen molar-refractivity contribution in [1.82, 2.24) is 18.4 Å². The molecule has 0 bridgehead atoms. The van der Waals surface area contributed by atoms with Crippen LogP contribution in [0, 0.1) is 0 Å². The zero-order chi connectivity index (χ0) is 20.4. The van der Waals surface area contributed by atoms with Gasteiger partial charge in [-0.2, -0.15) is 22.1 Å². The summed E-state index contributed by atoms with van der Waals surface area (Å²) in [5.41, 5.74) is 3.01. The highest BCUT2D eigenvalue weighted by Gasteiger charge is 2.40. The number of fused-ring (bicyclic) bond motifs is 1. The lowest BCUT2D eigenvalue weighted by atomic mass is 10.0. The van der Waals surface area contributed by atoms with Crippen molar-refractivity contribution < 1.29 is 17.9 Å². The maximum atomic E-state index is 12.8. The molecule has 1 atom stereocenters. The normalized spacial score (nSPS) is 20.2. The summed E-state index contributed by atoms with van der Waals surface area (Å²) < 4.78 is 41.9. The summed E-state index contributed by atoms with van der Waals surface area (Å²) in [5.74, 6) is 0.830. The maximum Gasteiger partial charge on any atom is 0.282 e. The van der Waals surface area contributed by atoms with Crippen molar-refractivity contribution in [3.05, 3.63) is 47.3 Å². The van der Waals surface area contributed by atoms with Crippen molar-refractivity contribution in [2.45, 2.75) is 38.5 Å². The molecule has 0 aliphatic carbocycles. The lowest BCUT2D eigenvalue weighted by molar-refractivity contribution is 0.107. The second kappa shape index (κ2) is 8.43. The van der Waals surface area contributed by atoms with E-state index in [0.717, 1.165) is 42.0 Å². The molecule has 0 amide bonds. The molecule has 9 heteroatoms. The molecule has 1 fully saturated rings. The van der Waals surface area contributed by atoms with Gasteiger partial charge in [-0.3, -0.25) is 4.68 Å².